The van der Waals surface area contributed by atoms with Crippen LogP contribution in [-0.2, 0) is 24.5 Å². The van der Waals surface area contributed by atoms with E-state index in [4.69, 9.17) is 4.74 Å². The van der Waals surface area contributed by atoms with E-state index in [0.717, 1.165) is 42.9 Å². The van der Waals surface area contributed by atoms with Crippen LogP contribution in [0.5, 0.6) is 0 Å². The van der Waals surface area contributed by atoms with E-state index >= 15 is 0 Å². The molecule has 4 aliphatic heterocycles. The number of hydrogen-bond acceptors (Lipinski definition) is 6. The van der Waals surface area contributed by atoms with E-state index in [0.29, 0.717) is 19.5 Å². The SMILES string of the molecule is CC(C)(C)OC(=O)N1CCC2(CC1)CN(c1cccc3c1C(C)(C)C(=O)N3C1CCC(=O)NC1=O)C2. The van der Waals surface area contributed by atoms with Gasteiger partial charge in [0.15, 0.2) is 0 Å². The van der Waals surface area contributed by atoms with Gasteiger partial charge >= 0.3 is 6.09 Å². The Balaban J connectivity index is 1.32. The van der Waals surface area contributed by atoms with Gasteiger partial charge in [0.05, 0.1) is 11.1 Å². The molecule has 0 aliphatic carbocycles. The summed E-state index contributed by atoms with van der Waals surface area (Å²) in [4.78, 5) is 56.1. The van der Waals surface area contributed by atoms with Gasteiger partial charge in [0.1, 0.15) is 11.6 Å². The van der Waals surface area contributed by atoms with Crippen molar-refractivity contribution in [1.82, 2.24) is 10.2 Å². The lowest BCUT2D eigenvalue weighted by Crippen LogP contribution is -2.61. The molecule has 9 nitrogen and oxygen atoms in total. The monoisotopic (exact) mass is 496 g/mol. The number of piperidine rings is 2. The van der Waals surface area contributed by atoms with Gasteiger partial charge in [-0.1, -0.05) is 6.07 Å². The molecule has 194 valence electrons. The summed E-state index contributed by atoms with van der Waals surface area (Å²) in [6, 6.07) is 5.23. The Morgan fingerprint density at radius 2 is 1.69 bits per heavy atom. The highest BCUT2D eigenvalue weighted by Crippen LogP contribution is 2.51. The molecule has 0 saturated carbocycles. The molecule has 3 saturated heterocycles. The molecule has 1 unspecified atom stereocenters. The average Bonchev–Trinajstić information content (AvgIpc) is 2.97. The summed E-state index contributed by atoms with van der Waals surface area (Å²) in [5.41, 5.74) is 1.60. The molecule has 4 amide bonds. The summed E-state index contributed by atoms with van der Waals surface area (Å²) in [6.45, 7) is 12.6. The maximum absolute atomic E-state index is 13.6. The lowest BCUT2D eigenvalue weighted by molar-refractivity contribution is -0.136. The number of carbonyl (C=O) groups is 4. The second-order valence-corrected chi connectivity index (χ2v) is 12.3. The molecule has 9 heteroatoms. The number of fused-ring (bicyclic) bond motifs is 1. The number of hydrogen-bond donors (Lipinski definition) is 1. The van der Waals surface area contributed by atoms with Crippen molar-refractivity contribution >= 4 is 35.2 Å². The van der Waals surface area contributed by atoms with E-state index in [9.17, 15) is 19.2 Å². The van der Waals surface area contributed by atoms with Crippen LogP contribution in [0.15, 0.2) is 18.2 Å². The topological polar surface area (TPSA) is 99.3 Å². The van der Waals surface area contributed by atoms with Gasteiger partial charge in [-0.15, -0.1) is 0 Å². The number of benzene rings is 1. The third-order valence-electron chi connectivity index (χ3n) is 8.05. The van der Waals surface area contributed by atoms with Crippen molar-refractivity contribution in [3.8, 4) is 0 Å². The first kappa shape index (κ1) is 24.6. The highest BCUT2D eigenvalue weighted by Gasteiger charge is 2.53. The van der Waals surface area contributed by atoms with Crippen LogP contribution in [0.3, 0.4) is 0 Å². The number of carbonyl (C=O) groups excluding carboxylic acids is 4. The van der Waals surface area contributed by atoms with Crippen molar-refractivity contribution < 1.29 is 23.9 Å². The van der Waals surface area contributed by atoms with E-state index in [2.05, 4.69) is 16.3 Å². The Morgan fingerprint density at radius 1 is 1.06 bits per heavy atom. The second kappa shape index (κ2) is 8.21. The molecule has 1 aromatic carbocycles. The molecular weight excluding hydrogens is 460 g/mol. The Kier molecular flexibility index (Phi) is 5.61. The summed E-state index contributed by atoms with van der Waals surface area (Å²) in [5.74, 6) is -0.812. The third-order valence-corrected chi connectivity index (χ3v) is 8.05. The highest BCUT2D eigenvalue weighted by atomic mass is 16.6. The van der Waals surface area contributed by atoms with E-state index in [1.165, 1.54) is 0 Å². The fourth-order valence-corrected chi connectivity index (χ4v) is 6.13. The Morgan fingerprint density at radius 3 is 2.31 bits per heavy atom. The second-order valence-electron chi connectivity index (χ2n) is 12.3. The van der Waals surface area contributed by atoms with Crippen LogP contribution >= 0.6 is 0 Å². The lowest BCUT2D eigenvalue weighted by atomic mass is 9.71. The normalized spacial score (nSPS) is 25.0. The minimum atomic E-state index is -0.781. The molecule has 0 radical (unpaired) electrons. The first-order chi connectivity index (χ1) is 16.8. The number of ether oxygens (including phenoxy) is 1. The summed E-state index contributed by atoms with van der Waals surface area (Å²) in [7, 11) is 0. The van der Waals surface area contributed by atoms with Crippen molar-refractivity contribution in [3.63, 3.8) is 0 Å². The molecule has 4 heterocycles. The molecule has 0 bridgehead atoms. The molecule has 1 aromatic rings. The summed E-state index contributed by atoms with van der Waals surface area (Å²) in [6.07, 6.45) is 2.15. The zero-order valence-electron chi connectivity index (χ0n) is 21.8. The van der Waals surface area contributed by atoms with Gasteiger partial charge in [-0.25, -0.2) is 4.79 Å². The zero-order chi connectivity index (χ0) is 26.0. The van der Waals surface area contributed by atoms with Crippen molar-refractivity contribution in [2.45, 2.75) is 77.4 Å². The van der Waals surface area contributed by atoms with Gasteiger partial charge in [0.2, 0.25) is 17.7 Å². The van der Waals surface area contributed by atoms with Crippen LogP contribution in [0, 0.1) is 5.41 Å². The van der Waals surface area contributed by atoms with Crippen molar-refractivity contribution in [2.75, 3.05) is 36.0 Å². The molecule has 36 heavy (non-hydrogen) atoms. The van der Waals surface area contributed by atoms with Gasteiger partial charge in [-0.3, -0.25) is 24.6 Å². The van der Waals surface area contributed by atoms with Crippen molar-refractivity contribution in [3.05, 3.63) is 23.8 Å². The molecule has 1 atom stereocenters. The van der Waals surface area contributed by atoms with Crippen LogP contribution in [0.25, 0.3) is 0 Å². The number of nitrogens with one attached hydrogen (secondary N) is 1. The van der Waals surface area contributed by atoms with E-state index < -0.39 is 23.0 Å². The van der Waals surface area contributed by atoms with Gasteiger partial charge in [0, 0.05) is 49.3 Å². The lowest BCUT2D eigenvalue weighted by Gasteiger charge is -2.55. The smallest absolute Gasteiger partial charge is 0.410 e. The molecular formula is C27H36N4O5. The Labute approximate surface area is 212 Å². The van der Waals surface area contributed by atoms with Gasteiger partial charge < -0.3 is 14.5 Å². The van der Waals surface area contributed by atoms with E-state index in [1.807, 2.05) is 46.8 Å². The van der Waals surface area contributed by atoms with Crippen LogP contribution in [-0.4, -0.2) is 66.5 Å². The number of amides is 4. The zero-order valence-corrected chi connectivity index (χ0v) is 21.8. The van der Waals surface area contributed by atoms with E-state index in [1.54, 1.807) is 9.80 Å². The average molecular weight is 497 g/mol. The fourth-order valence-electron chi connectivity index (χ4n) is 6.13. The summed E-state index contributed by atoms with van der Waals surface area (Å²) >= 11 is 0. The first-order valence-corrected chi connectivity index (χ1v) is 12.9. The molecule has 1 spiro atoms. The van der Waals surface area contributed by atoms with Crippen LogP contribution in [0.2, 0.25) is 0 Å². The predicted octanol–water partition coefficient (Wildman–Crippen LogP) is 2.95. The third kappa shape index (κ3) is 4.02. The maximum atomic E-state index is 13.6. The summed E-state index contributed by atoms with van der Waals surface area (Å²) in [5, 5.41) is 2.39. The number of anilines is 2. The molecule has 5 rings (SSSR count). The van der Waals surface area contributed by atoms with Crippen molar-refractivity contribution in [2.24, 2.45) is 5.41 Å². The fraction of sp³-hybridized carbons (Fsp3) is 0.630. The number of likely N-dealkylation sites (tertiary alicyclic amines) is 1. The maximum Gasteiger partial charge on any atom is 0.410 e. The molecule has 3 fully saturated rings. The largest absolute Gasteiger partial charge is 0.444 e. The summed E-state index contributed by atoms with van der Waals surface area (Å²) < 4.78 is 5.54. The van der Waals surface area contributed by atoms with Gasteiger partial charge in [0.25, 0.3) is 0 Å². The highest BCUT2D eigenvalue weighted by molar-refractivity contribution is 6.14. The Hall–Kier alpha value is -3.10. The van der Waals surface area contributed by atoms with Gasteiger partial charge in [-0.2, -0.15) is 0 Å². The molecule has 0 aromatic heterocycles. The Bertz CT molecular complexity index is 1120. The quantitative estimate of drug-likeness (QED) is 0.632. The molecule has 4 aliphatic rings. The van der Waals surface area contributed by atoms with E-state index in [-0.39, 0.29) is 29.7 Å². The van der Waals surface area contributed by atoms with Crippen molar-refractivity contribution in [1.29, 1.82) is 0 Å². The van der Waals surface area contributed by atoms with Crippen LogP contribution < -0.4 is 15.1 Å². The van der Waals surface area contributed by atoms with Gasteiger partial charge in [-0.05, 0) is 66.0 Å². The number of nitrogens with zero attached hydrogens (tertiary/aromatic N) is 3. The predicted molar refractivity (Wildman–Crippen MR) is 135 cm³/mol. The van der Waals surface area contributed by atoms with Crippen LogP contribution in [0.1, 0.15) is 65.9 Å². The standard InChI is InChI=1S/C27H36N4O5/c1-25(2,3)36-24(35)29-13-11-27(12-14-29)15-30(16-27)17-7-6-8-18-21(17)26(4,5)23(34)31(18)19-9-10-20(32)28-22(19)33/h6-8,19H,9-16H2,1-5H3,(H,28,32,33). The van der Waals surface area contributed by atoms with Crippen LogP contribution in [0.4, 0.5) is 16.2 Å². The first-order valence-electron chi connectivity index (χ1n) is 12.9. The number of imide groups is 1. The minimum Gasteiger partial charge on any atom is -0.444 e. The minimum absolute atomic E-state index is 0.111. The number of rotatable bonds is 2. The molecule has 1 N–H and O–H groups in total.